The lowest BCUT2D eigenvalue weighted by Crippen LogP contribution is -2.20. The third kappa shape index (κ3) is 2.92. The molecule has 2 rings (SSSR count). The van der Waals surface area contributed by atoms with E-state index in [1.165, 1.54) is 20.9 Å². The van der Waals surface area contributed by atoms with Crippen LogP contribution in [0.4, 0.5) is 5.69 Å². The predicted molar refractivity (Wildman–Crippen MR) is 80.4 cm³/mol. The number of thiophene rings is 1. The van der Waals surface area contributed by atoms with Gasteiger partial charge in [-0.05, 0) is 44.5 Å². The van der Waals surface area contributed by atoms with Crippen molar-refractivity contribution in [2.24, 2.45) is 5.73 Å². The van der Waals surface area contributed by atoms with Gasteiger partial charge in [0, 0.05) is 22.0 Å². The number of hydrogen-bond donors (Lipinski definition) is 2. The summed E-state index contributed by atoms with van der Waals surface area (Å²) >= 11 is 1.83. The highest BCUT2D eigenvalue weighted by molar-refractivity contribution is 7.12. The average molecular weight is 260 g/mol. The normalized spacial score (nSPS) is 12.4. The lowest BCUT2D eigenvalue weighted by Gasteiger charge is -2.18. The van der Waals surface area contributed by atoms with Crippen LogP contribution >= 0.6 is 11.3 Å². The Morgan fingerprint density at radius 2 is 1.83 bits per heavy atom. The van der Waals surface area contributed by atoms with Crippen molar-refractivity contribution in [3.05, 3.63) is 51.2 Å². The molecule has 0 fully saturated rings. The minimum absolute atomic E-state index is 0.192. The quantitative estimate of drug-likeness (QED) is 0.878. The second kappa shape index (κ2) is 5.55. The molecule has 2 nitrogen and oxygen atoms in total. The summed E-state index contributed by atoms with van der Waals surface area (Å²) in [6.07, 6.45) is 0. The predicted octanol–water partition coefficient (Wildman–Crippen LogP) is 3.79. The summed E-state index contributed by atoms with van der Waals surface area (Å²) in [5.41, 5.74) is 9.62. The molecule has 96 valence electrons. The smallest absolute Gasteiger partial charge is 0.0647 e. The maximum atomic E-state index is 5.90. The van der Waals surface area contributed by atoms with Crippen LogP contribution in [-0.2, 0) is 0 Å². The fourth-order valence-corrected chi connectivity index (χ4v) is 3.10. The Kier molecular flexibility index (Phi) is 4.04. The summed E-state index contributed by atoms with van der Waals surface area (Å²) in [5, 5.41) is 3.51. The molecule has 0 spiro atoms. The fraction of sp³-hybridized carbons (Fsp3) is 0.333. The van der Waals surface area contributed by atoms with E-state index in [2.05, 4.69) is 56.4 Å². The number of rotatable bonds is 4. The minimum atomic E-state index is 0.192. The van der Waals surface area contributed by atoms with E-state index in [1.807, 2.05) is 11.3 Å². The van der Waals surface area contributed by atoms with Gasteiger partial charge in [0.2, 0.25) is 0 Å². The van der Waals surface area contributed by atoms with E-state index in [1.54, 1.807) is 0 Å². The first-order chi connectivity index (χ1) is 8.60. The summed E-state index contributed by atoms with van der Waals surface area (Å²) < 4.78 is 0. The summed E-state index contributed by atoms with van der Waals surface area (Å²) in [6.45, 7) is 6.99. The molecule has 1 heterocycles. The molecule has 0 saturated carbocycles. The van der Waals surface area contributed by atoms with Gasteiger partial charge < -0.3 is 11.1 Å². The monoisotopic (exact) mass is 260 g/mol. The molecular formula is C15H20N2S. The molecule has 0 aliphatic rings. The van der Waals surface area contributed by atoms with Crippen LogP contribution in [0, 0.1) is 20.8 Å². The van der Waals surface area contributed by atoms with Gasteiger partial charge >= 0.3 is 0 Å². The highest BCUT2D eigenvalue weighted by Crippen LogP contribution is 2.28. The highest BCUT2D eigenvalue weighted by atomic mass is 32.1. The molecule has 2 aromatic rings. The van der Waals surface area contributed by atoms with E-state index in [9.17, 15) is 0 Å². The topological polar surface area (TPSA) is 38.0 Å². The molecule has 1 aromatic heterocycles. The van der Waals surface area contributed by atoms with Crippen LogP contribution in [0.1, 0.15) is 26.9 Å². The zero-order valence-corrected chi connectivity index (χ0v) is 12.0. The van der Waals surface area contributed by atoms with Gasteiger partial charge in [0.05, 0.1) is 6.04 Å². The summed E-state index contributed by atoms with van der Waals surface area (Å²) in [6, 6.07) is 10.9. The van der Waals surface area contributed by atoms with Gasteiger partial charge in [-0.15, -0.1) is 11.3 Å². The number of aryl methyl sites for hydroxylation is 3. The molecule has 1 unspecified atom stereocenters. The molecular weight excluding hydrogens is 240 g/mol. The van der Waals surface area contributed by atoms with Crippen molar-refractivity contribution in [1.29, 1.82) is 0 Å². The van der Waals surface area contributed by atoms with Gasteiger partial charge in [-0.1, -0.05) is 17.7 Å². The van der Waals surface area contributed by atoms with Gasteiger partial charge in [-0.25, -0.2) is 0 Å². The molecule has 3 heteroatoms. The van der Waals surface area contributed by atoms with Crippen LogP contribution in [0.2, 0.25) is 0 Å². The van der Waals surface area contributed by atoms with E-state index in [0.717, 1.165) is 5.69 Å². The zero-order valence-electron chi connectivity index (χ0n) is 11.2. The Balaban J connectivity index is 2.19. The number of hydrogen-bond acceptors (Lipinski definition) is 3. The molecule has 0 radical (unpaired) electrons. The fourth-order valence-electron chi connectivity index (χ4n) is 2.11. The van der Waals surface area contributed by atoms with E-state index in [0.29, 0.717) is 6.54 Å². The third-order valence-electron chi connectivity index (χ3n) is 3.08. The molecule has 1 atom stereocenters. The van der Waals surface area contributed by atoms with Crippen LogP contribution in [0.3, 0.4) is 0 Å². The minimum Gasteiger partial charge on any atom is -0.377 e. The largest absolute Gasteiger partial charge is 0.377 e. The molecule has 0 aliphatic carbocycles. The van der Waals surface area contributed by atoms with Crippen LogP contribution in [-0.4, -0.2) is 6.54 Å². The molecule has 0 amide bonds. The second-order valence-electron chi connectivity index (χ2n) is 4.67. The Labute approximate surface area is 113 Å². The Bertz CT molecular complexity index is 514. The van der Waals surface area contributed by atoms with Gasteiger partial charge in [0.25, 0.3) is 0 Å². The van der Waals surface area contributed by atoms with Crippen molar-refractivity contribution < 1.29 is 0 Å². The van der Waals surface area contributed by atoms with Gasteiger partial charge in [-0.3, -0.25) is 0 Å². The van der Waals surface area contributed by atoms with Crippen molar-refractivity contribution >= 4 is 17.0 Å². The van der Waals surface area contributed by atoms with Crippen LogP contribution in [0.5, 0.6) is 0 Å². The third-order valence-corrected chi connectivity index (χ3v) is 4.06. The van der Waals surface area contributed by atoms with E-state index in [-0.39, 0.29) is 6.04 Å². The van der Waals surface area contributed by atoms with Crippen molar-refractivity contribution in [3.63, 3.8) is 0 Å². The van der Waals surface area contributed by atoms with E-state index in [4.69, 9.17) is 5.73 Å². The van der Waals surface area contributed by atoms with E-state index >= 15 is 0 Å². The molecule has 3 N–H and O–H groups in total. The summed E-state index contributed by atoms with van der Waals surface area (Å²) in [5.74, 6) is 0. The highest BCUT2D eigenvalue weighted by Gasteiger charge is 2.14. The maximum Gasteiger partial charge on any atom is 0.0647 e. The van der Waals surface area contributed by atoms with Gasteiger partial charge in [0.1, 0.15) is 0 Å². The number of nitrogens with two attached hydrogens (primary N) is 1. The Morgan fingerprint density at radius 1 is 1.17 bits per heavy atom. The van der Waals surface area contributed by atoms with Crippen LogP contribution < -0.4 is 11.1 Å². The molecule has 0 saturated heterocycles. The summed E-state index contributed by atoms with van der Waals surface area (Å²) in [4.78, 5) is 2.69. The zero-order chi connectivity index (χ0) is 13.1. The standard InChI is InChI=1S/C15H20N2S/c1-10-4-6-13(7-5-10)17-15(9-16)14-8-11(2)18-12(14)3/h4-8,15,17H,9,16H2,1-3H3. The maximum absolute atomic E-state index is 5.90. The first-order valence-electron chi connectivity index (χ1n) is 6.20. The summed E-state index contributed by atoms with van der Waals surface area (Å²) in [7, 11) is 0. The van der Waals surface area contributed by atoms with Crippen molar-refractivity contribution in [2.75, 3.05) is 11.9 Å². The number of benzene rings is 1. The van der Waals surface area contributed by atoms with Crippen molar-refractivity contribution in [3.8, 4) is 0 Å². The molecule has 0 aliphatic heterocycles. The lowest BCUT2D eigenvalue weighted by atomic mass is 10.1. The second-order valence-corrected chi connectivity index (χ2v) is 6.13. The molecule has 1 aromatic carbocycles. The van der Waals surface area contributed by atoms with E-state index < -0.39 is 0 Å². The van der Waals surface area contributed by atoms with Crippen molar-refractivity contribution in [1.82, 2.24) is 0 Å². The Morgan fingerprint density at radius 3 is 2.33 bits per heavy atom. The number of anilines is 1. The molecule has 0 bridgehead atoms. The van der Waals surface area contributed by atoms with Gasteiger partial charge in [-0.2, -0.15) is 0 Å². The SMILES string of the molecule is Cc1ccc(NC(CN)c2cc(C)sc2C)cc1. The van der Waals surface area contributed by atoms with Gasteiger partial charge in [0.15, 0.2) is 0 Å². The Hall–Kier alpha value is -1.32. The first kappa shape index (κ1) is 13.1. The molecule has 18 heavy (non-hydrogen) atoms. The number of nitrogens with one attached hydrogen (secondary N) is 1. The first-order valence-corrected chi connectivity index (χ1v) is 7.02. The van der Waals surface area contributed by atoms with Crippen molar-refractivity contribution in [2.45, 2.75) is 26.8 Å². The van der Waals surface area contributed by atoms with Crippen LogP contribution in [0.15, 0.2) is 30.3 Å². The average Bonchev–Trinajstić information content (AvgIpc) is 2.68. The van der Waals surface area contributed by atoms with Crippen LogP contribution in [0.25, 0.3) is 0 Å². The lowest BCUT2D eigenvalue weighted by molar-refractivity contribution is 0.788.